The lowest BCUT2D eigenvalue weighted by molar-refractivity contribution is 0.102. The summed E-state index contributed by atoms with van der Waals surface area (Å²) in [4.78, 5) is 15.9. The smallest absolute Gasteiger partial charge is 0.255 e. The third-order valence-corrected chi connectivity index (χ3v) is 2.74. The highest BCUT2D eigenvalue weighted by Crippen LogP contribution is 2.18. The highest BCUT2D eigenvalue weighted by molar-refractivity contribution is 6.30. The summed E-state index contributed by atoms with van der Waals surface area (Å²) < 4.78 is 13.7. The molecule has 4 N–H and O–H groups in total. The van der Waals surface area contributed by atoms with Crippen LogP contribution in [0.5, 0.6) is 0 Å². The molecular weight excluding hydrogens is 297 g/mol. The largest absolute Gasteiger partial charge is 0.319 e. The molecule has 0 unspecified atom stereocenters. The second-order valence-corrected chi connectivity index (χ2v) is 4.36. The molecule has 2 rings (SSSR count). The quantitative estimate of drug-likeness (QED) is 0.458. The highest BCUT2D eigenvalue weighted by atomic mass is 35.5. The summed E-state index contributed by atoms with van der Waals surface area (Å²) in [5.41, 5.74) is 2.54. The molecule has 1 aromatic carbocycles. The molecule has 0 radical (unpaired) electrons. The first-order valence-electron chi connectivity index (χ1n) is 5.68. The highest BCUT2D eigenvalue weighted by Gasteiger charge is 2.12. The Morgan fingerprint density at radius 3 is 2.76 bits per heavy atom. The van der Waals surface area contributed by atoms with Crippen molar-refractivity contribution in [2.24, 2.45) is 5.84 Å². The fraction of sp³-hybridized carbons (Fsp3) is 0. The number of aromatic nitrogens is 1. The van der Waals surface area contributed by atoms with E-state index in [1.54, 1.807) is 6.07 Å². The summed E-state index contributed by atoms with van der Waals surface area (Å²) >= 11 is 5.75. The topological polar surface area (TPSA) is 104 Å². The van der Waals surface area contributed by atoms with E-state index in [0.717, 1.165) is 6.07 Å². The van der Waals surface area contributed by atoms with Crippen molar-refractivity contribution in [3.63, 3.8) is 0 Å². The van der Waals surface area contributed by atoms with Gasteiger partial charge in [-0.15, -0.1) is 0 Å². The van der Waals surface area contributed by atoms with Gasteiger partial charge in [-0.05, 0) is 30.3 Å². The second-order valence-electron chi connectivity index (χ2n) is 3.97. The lowest BCUT2D eigenvalue weighted by Crippen LogP contribution is -2.15. The number of hydrogen-bond acceptors (Lipinski definition) is 5. The lowest BCUT2D eigenvalue weighted by Gasteiger charge is -2.08. The maximum Gasteiger partial charge on any atom is 0.255 e. The Bertz CT molecular complexity index is 744. The van der Waals surface area contributed by atoms with Crippen LogP contribution in [0.4, 0.5) is 15.9 Å². The molecule has 0 saturated heterocycles. The van der Waals surface area contributed by atoms with Crippen LogP contribution in [0.2, 0.25) is 5.15 Å². The van der Waals surface area contributed by atoms with Gasteiger partial charge in [-0.3, -0.25) is 4.79 Å². The van der Waals surface area contributed by atoms with Gasteiger partial charge in [0.15, 0.2) is 0 Å². The van der Waals surface area contributed by atoms with E-state index in [4.69, 9.17) is 22.7 Å². The number of anilines is 2. The first-order valence-corrected chi connectivity index (χ1v) is 6.06. The molecule has 0 fully saturated rings. The molecule has 1 amide bonds. The van der Waals surface area contributed by atoms with E-state index >= 15 is 0 Å². The van der Waals surface area contributed by atoms with Gasteiger partial charge in [0.1, 0.15) is 16.8 Å². The molecule has 0 saturated carbocycles. The first kappa shape index (κ1) is 14.7. The van der Waals surface area contributed by atoms with Crippen molar-refractivity contribution in [1.82, 2.24) is 4.98 Å². The number of carbonyl (C=O) groups excluding carboxylic acids is 1. The van der Waals surface area contributed by atoms with E-state index in [9.17, 15) is 9.18 Å². The third-order valence-electron chi connectivity index (χ3n) is 2.55. The Kier molecular flexibility index (Phi) is 4.33. The van der Waals surface area contributed by atoms with Gasteiger partial charge in [0.25, 0.3) is 5.91 Å². The zero-order valence-electron chi connectivity index (χ0n) is 10.5. The molecule has 0 bridgehead atoms. The van der Waals surface area contributed by atoms with Crippen molar-refractivity contribution < 1.29 is 9.18 Å². The summed E-state index contributed by atoms with van der Waals surface area (Å²) in [7, 11) is 0. The van der Waals surface area contributed by atoms with Crippen LogP contribution >= 0.6 is 11.6 Å². The molecule has 21 heavy (non-hydrogen) atoms. The van der Waals surface area contributed by atoms with Gasteiger partial charge in [0.05, 0.1) is 17.3 Å². The number of nitriles is 1. The number of hydrogen-bond donors (Lipinski definition) is 3. The Morgan fingerprint density at radius 2 is 2.14 bits per heavy atom. The van der Waals surface area contributed by atoms with Gasteiger partial charge in [0, 0.05) is 5.56 Å². The molecule has 0 spiro atoms. The fourth-order valence-corrected chi connectivity index (χ4v) is 1.79. The predicted octanol–water partition coefficient (Wildman–Crippen LogP) is 2.28. The summed E-state index contributed by atoms with van der Waals surface area (Å²) in [6.45, 7) is 0. The molecule has 0 atom stereocenters. The van der Waals surface area contributed by atoms with Crippen LogP contribution in [-0.2, 0) is 0 Å². The van der Waals surface area contributed by atoms with Gasteiger partial charge in [-0.2, -0.15) is 5.26 Å². The molecule has 0 aliphatic heterocycles. The molecule has 1 heterocycles. The molecular formula is C13H9ClFN5O. The molecule has 106 valence electrons. The van der Waals surface area contributed by atoms with Gasteiger partial charge >= 0.3 is 0 Å². The average Bonchev–Trinajstić information content (AvgIpc) is 2.48. The molecule has 8 heteroatoms. The summed E-state index contributed by atoms with van der Waals surface area (Å²) in [5, 5.41) is 11.1. The Labute approximate surface area is 124 Å². The van der Waals surface area contributed by atoms with Gasteiger partial charge in [0.2, 0.25) is 0 Å². The van der Waals surface area contributed by atoms with E-state index < -0.39 is 11.7 Å². The van der Waals surface area contributed by atoms with E-state index in [1.165, 1.54) is 24.3 Å². The van der Waals surface area contributed by atoms with E-state index in [0.29, 0.717) is 0 Å². The number of nitrogens with zero attached hydrogens (tertiary/aromatic N) is 2. The molecule has 1 aromatic heterocycles. The molecule has 0 aliphatic carbocycles. The third kappa shape index (κ3) is 3.45. The predicted molar refractivity (Wildman–Crippen MR) is 76.1 cm³/mol. The van der Waals surface area contributed by atoms with Crippen LogP contribution in [-0.4, -0.2) is 10.9 Å². The number of benzene rings is 1. The SMILES string of the molecule is N#Cc1ccc(NC(=O)c2cc(Cl)nc(NN)c2)c(F)c1. The van der Waals surface area contributed by atoms with Crippen LogP contribution in [0.25, 0.3) is 0 Å². The van der Waals surface area contributed by atoms with Crippen LogP contribution in [0, 0.1) is 17.1 Å². The maximum atomic E-state index is 13.7. The molecule has 2 aromatic rings. The van der Waals surface area contributed by atoms with Crippen molar-refractivity contribution in [3.05, 3.63) is 52.4 Å². The number of nitrogens with one attached hydrogen (secondary N) is 2. The zero-order chi connectivity index (χ0) is 15.4. The van der Waals surface area contributed by atoms with Gasteiger partial charge < -0.3 is 10.7 Å². The van der Waals surface area contributed by atoms with Crippen molar-refractivity contribution in [1.29, 1.82) is 5.26 Å². The van der Waals surface area contributed by atoms with Crippen LogP contribution < -0.4 is 16.6 Å². The Hall–Kier alpha value is -2.69. The summed E-state index contributed by atoms with van der Waals surface area (Å²) in [6.07, 6.45) is 0. The van der Waals surface area contributed by atoms with E-state index in [-0.39, 0.29) is 27.8 Å². The first-order chi connectivity index (χ1) is 10.0. The monoisotopic (exact) mass is 305 g/mol. The Morgan fingerprint density at radius 1 is 1.38 bits per heavy atom. The van der Waals surface area contributed by atoms with Crippen LogP contribution in [0.3, 0.4) is 0 Å². The Balaban J connectivity index is 2.26. The normalized spacial score (nSPS) is 9.81. The minimum absolute atomic E-state index is 0.0470. The van der Waals surface area contributed by atoms with Crippen molar-refractivity contribution in [3.8, 4) is 6.07 Å². The average molecular weight is 306 g/mol. The fourth-order valence-electron chi connectivity index (χ4n) is 1.58. The number of nitrogens with two attached hydrogens (primary N) is 1. The van der Waals surface area contributed by atoms with Crippen molar-refractivity contribution in [2.45, 2.75) is 0 Å². The standard InChI is InChI=1S/C13H9ClFN5O/c14-11-4-8(5-12(19-11)20-17)13(21)18-10-2-1-7(6-16)3-9(10)15/h1-5H,17H2,(H,18,21)(H,19,20). The van der Waals surface area contributed by atoms with Crippen LogP contribution in [0.15, 0.2) is 30.3 Å². The number of rotatable bonds is 3. The summed E-state index contributed by atoms with van der Waals surface area (Å²) in [5.74, 6) is 4.11. The number of hydrazine groups is 1. The minimum atomic E-state index is -0.709. The van der Waals surface area contributed by atoms with Crippen molar-refractivity contribution in [2.75, 3.05) is 10.7 Å². The maximum absolute atomic E-state index is 13.7. The zero-order valence-corrected chi connectivity index (χ0v) is 11.3. The number of carbonyl (C=O) groups is 1. The molecule has 0 aliphatic rings. The summed E-state index contributed by atoms with van der Waals surface area (Å²) in [6, 6.07) is 8.21. The number of amides is 1. The van der Waals surface area contributed by atoms with Gasteiger partial charge in [-0.25, -0.2) is 15.2 Å². The number of nitrogen functional groups attached to an aromatic ring is 1. The minimum Gasteiger partial charge on any atom is -0.319 e. The lowest BCUT2D eigenvalue weighted by atomic mass is 10.2. The van der Waals surface area contributed by atoms with Gasteiger partial charge in [-0.1, -0.05) is 11.6 Å². The molecule has 6 nitrogen and oxygen atoms in total. The van der Waals surface area contributed by atoms with Crippen LogP contribution in [0.1, 0.15) is 15.9 Å². The van der Waals surface area contributed by atoms with Crippen molar-refractivity contribution >= 4 is 29.0 Å². The number of halogens is 2. The number of pyridine rings is 1. The second kappa shape index (κ2) is 6.17. The van der Waals surface area contributed by atoms with E-state index in [2.05, 4.69) is 15.7 Å². The van der Waals surface area contributed by atoms with E-state index in [1.807, 2.05) is 0 Å².